The maximum absolute atomic E-state index is 13.3. The third-order valence-electron chi connectivity index (χ3n) is 2.62. The summed E-state index contributed by atoms with van der Waals surface area (Å²) in [6, 6.07) is 9.39. The second kappa shape index (κ2) is 7.17. The average Bonchev–Trinajstić information content (AvgIpc) is 2.43. The van der Waals surface area contributed by atoms with Gasteiger partial charge < -0.3 is 5.32 Å². The van der Waals surface area contributed by atoms with E-state index in [1.807, 2.05) is 0 Å². The highest BCUT2D eigenvalue weighted by Gasteiger charge is 2.11. The first kappa shape index (κ1) is 15.4. The van der Waals surface area contributed by atoms with E-state index in [1.165, 1.54) is 30.0 Å². The van der Waals surface area contributed by atoms with Crippen molar-refractivity contribution in [2.24, 2.45) is 0 Å². The minimum absolute atomic E-state index is 0.0181. The molecular formula is C15H12F3NOS. The number of halogens is 3. The first-order valence-corrected chi connectivity index (χ1v) is 7.28. The van der Waals surface area contributed by atoms with E-state index >= 15 is 0 Å². The second-order valence-electron chi connectivity index (χ2n) is 4.27. The number of nitrogens with one attached hydrogen (secondary N) is 1. The number of hydrogen-bond donors (Lipinski definition) is 1. The molecule has 0 saturated heterocycles. The van der Waals surface area contributed by atoms with Crippen molar-refractivity contribution >= 4 is 23.4 Å². The Bertz CT molecular complexity index is 628. The van der Waals surface area contributed by atoms with E-state index in [0.717, 1.165) is 17.7 Å². The van der Waals surface area contributed by atoms with Crippen LogP contribution in [0.2, 0.25) is 0 Å². The molecule has 110 valence electrons. The highest BCUT2D eigenvalue weighted by molar-refractivity contribution is 7.99. The quantitative estimate of drug-likeness (QED) is 0.905. The lowest BCUT2D eigenvalue weighted by Crippen LogP contribution is -2.16. The molecule has 0 aromatic heterocycles. The van der Waals surface area contributed by atoms with E-state index in [0.29, 0.717) is 5.75 Å². The van der Waals surface area contributed by atoms with E-state index in [4.69, 9.17) is 0 Å². The summed E-state index contributed by atoms with van der Waals surface area (Å²) in [5.74, 6) is -2.04. The smallest absolute Gasteiger partial charge is 0.234 e. The van der Waals surface area contributed by atoms with Gasteiger partial charge >= 0.3 is 0 Å². The number of amides is 1. The lowest BCUT2D eigenvalue weighted by atomic mass is 10.2. The Hall–Kier alpha value is -1.95. The minimum atomic E-state index is -0.821. The normalized spacial score (nSPS) is 10.4. The summed E-state index contributed by atoms with van der Waals surface area (Å²) in [6.45, 7) is 0. The van der Waals surface area contributed by atoms with E-state index in [2.05, 4.69) is 5.32 Å². The molecule has 0 aliphatic carbocycles. The number of anilines is 1. The molecule has 0 spiro atoms. The average molecular weight is 311 g/mol. The Labute approximate surface area is 124 Å². The third kappa shape index (κ3) is 4.53. The summed E-state index contributed by atoms with van der Waals surface area (Å²) in [4.78, 5) is 11.6. The van der Waals surface area contributed by atoms with Gasteiger partial charge in [0, 0.05) is 5.75 Å². The molecule has 1 N–H and O–H groups in total. The molecule has 0 radical (unpaired) electrons. The zero-order valence-electron chi connectivity index (χ0n) is 10.9. The predicted molar refractivity (Wildman–Crippen MR) is 77.5 cm³/mol. The van der Waals surface area contributed by atoms with Crippen LogP contribution in [-0.4, -0.2) is 11.7 Å². The highest BCUT2D eigenvalue weighted by atomic mass is 32.2. The number of thioether (sulfide) groups is 1. The summed E-state index contributed by atoms with van der Waals surface area (Å²) in [5, 5.41) is 2.19. The van der Waals surface area contributed by atoms with Crippen molar-refractivity contribution in [3.8, 4) is 0 Å². The van der Waals surface area contributed by atoms with Gasteiger partial charge in [0.2, 0.25) is 5.91 Å². The van der Waals surface area contributed by atoms with Gasteiger partial charge in [-0.1, -0.05) is 18.2 Å². The van der Waals surface area contributed by atoms with Gasteiger partial charge in [-0.05, 0) is 29.8 Å². The van der Waals surface area contributed by atoms with Gasteiger partial charge in [0.05, 0.1) is 5.75 Å². The molecule has 21 heavy (non-hydrogen) atoms. The van der Waals surface area contributed by atoms with Crippen LogP contribution in [-0.2, 0) is 10.5 Å². The highest BCUT2D eigenvalue weighted by Crippen LogP contribution is 2.19. The third-order valence-corrected chi connectivity index (χ3v) is 3.62. The van der Waals surface area contributed by atoms with Gasteiger partial charge in [-0.3, -0.25) is 4.79 Å². The molecule has 1 amide bonds. The molecule has 0 saturated carbocycles. The molecule has 2 rings (SSSR count). The number of benzene rings is 2. The summed E-state index contributed by atoms with van der Waals surface area (Å²) >= 11 is 1.23. The first-order valence-electron chi connectivity index (χ1n) is 6.12. The molecule has 0 unspecified atom stereocenters. The molecule has 0 fully saturated rings. The molecule has 0 aliphatic heterocycles. The monoisotopic (exact) mass is 311 g/mol. The van der Waals surface area contributed by atoms with Crippen LogP contribution in [0.4, 0.5) is 18.9 Å². The van der Waals surface area contributed by atoms with Crippen LogP contribution >= 0.6 is 11.8 Å². The molecule has 0 aliphatic rings. The standard InChI is InChI=1S/C15H12F3NOS/c16-11-4-1-3-10(7-11)8-21-9-14(20)19-15-12(17)5-2-6-13(15)18/h1-7H,8-9H2,(H,19,20). The van der Waals surface area contributed by atoms with Crippen LogP contribution in [0.5, 0.6) is 0 Å². The Morgan fingerprint density at radius 1 is 1.05 bits per heavy atom. The summed E-state index contributed by atoms with van der Waals surface area (Å²) in [6.07, 6.45) is 0. The van der Waals surface area contributed by atoms with Crippen molar-refractivity contribution in [2.75, 3.05) is 11.1 Å². The lowest BCUT2D eigenvalue weighted by Gasteiger charge is -2.07. The fourth-order valence-electron chi connectivity index (χ4n) is 1.68. The van der Waals surface area contributed by atoms with E-state index < -0.39 is 23.2 Å². The molecule has 6 heteroatoms. The van der Waals surface area contributed by atoms with E-state index in [-0.39, 0.29) is 11.6 Å². The second-order valence-corrected chi connectivity index (χ2v) is 5.25. The molecule has 0 bridgehead atoms. The van der Waals surface area contributed by atoms with Crippen LogP contribution in [0.3, 0.4) is 0 Å². The van der Waals surface area contributed by atoms with Crippen molar-refractivity contribution in [2.45, 2.75) is 5.75 Å². The number of rotatable bonds is 5. The Morgan fingerprint density at radius 3 is 2.38 bits per heavy atom. The van der Waals surface area contributed by atoms with Crippen molar-refractivity contribution in [1.29, 1.82) is 0 Å². The number of carbonyl (C=O) groups excluding carboxylic acids is 1. The van der Waals surface area contributed by atoms with Crippen molar-refractivity contribution in [1.82, 2.24) is 0 Å². The van der Waals surface area contributed by atoms with Gasteiger partial charge in [0.25, 0.3) is 0 Å². The molecule has 0 heterocycles. The largest absolute Gasteiger partial charge is 0.320 e. The van der Waals surface area contributed by atoms with Crippen LogP contribution in [0.1, 0.15) is 5.56 Å². The predicted octanol–water partition coefficient (Wildman–Crippen LogP) is 3.98. The van der Waals surface area contributed by atoms with E-state index in [9.17, 15) is 18.0 Å². The maximum Gasteiger partial charge on any atom is 0.234 e. The Morgan fingerprint density at radius 2 is 1.71 bits per heavy atom. The summed E-state index contributed by atoms with van der Waals surface area (Å²) in [7, 11) is 0. The van der Waals surface area contributed by atoms with Gasteiger partial charge in [-0.2, -0.15) is 0 Å². The molecule has 2 aromatic carbocycles. The van der Waals surface area contributed by atoms with Gasteiger partial charge in [-0.15, -0.1) is 11.8 Å². The zero-order chi connectivity index (χ0) is 15.2. The Balaban J connectivity index is 1.85. The van der Waals surface area contributed by atoms with Crippen LogP contribution in [0.25, 0.3) is 0 Å². The lowest BCUT2D eigenvalue weighted by molar-refractivity contribution is -0.113. The molecule has 0 atom stereocenters. The topological polar surface area (TPSA) is 29.1 Å². The van der Waals surface area contributed by atoms with Crippen LogP contribution in [0.15, 0.2) is 42.5 Å². The van der Waals surface area contributed by atoms with Gasteiger partial charge in [0.1, 0.15) is 23.1 Å². The van der Waals surface area contributed by atoms with Gasteiger partial charge in [-0.25, -0.2) is 13.2 Å². The first-order chi connectivity index (χ1) is 10.1. The molecular weight excluding hydrogens is 299 g/mol. The number of para-hydroxylation sites is 1. The molecule has 2 aromatic rings. The van der Waals surface area contributed by atoms with Crippen molar-refractivity contribution in [3.05, 3.63) is 65.5 Å². The van der Waals surface area contributed by atoms with Crippen molar-refractivity contribution in [3.63, 3.8) is 0 Å². The number of carbonyl (C=O) groups is 1. The number of hydrogen-bond acceptors (Lipinski definition) is 2. The van der Waals surface area contributed by atoms with Crippen LogP contribution in [0, 0.1) is 17.5 Å². The zero-order valence-corrected chi connectivity index (χ0v) is 11.7. The van der Waals surface area contributed by atoms with Gasteiger partial charge in [0.15, 0.2) is 0 Å². The SMILES string of the molecule is O=C(CSCc1cccc(F)c1)Nc1c(F)cccc1F. The summed E-state index contributed by atoms with van der Waals surface area (Å²) in [5.41, 5.74) is 0.290. The Kier molecular flexibility index (Phi) is 5.27. The fourth-order valence-corrected chi connectivity index (χ4v) is 2.46. The fraction of sp³-hybridized carbons (Fsp3) is 0.133. The van der Waals surface area contributed by atoms with Crippen LogP contribution < -0.4 is 5.32 Å². The summed E-state index contributed by atoms with van der Waals surface area (Å²) < 4.78 is 39.6. The minimum Gasteiger partial charge on any atom is -0.320 e. The van der Waals surface area contributed by atoms with Crippen molar-refractivity contribution < 1.29 is 18.0 Å². The van der Waals surface area contributed by atoms with E-state index in [1.54, 1.807) is 12.1 Å². The molecule has 2 nitrogen and oxygen atoms in total. The maximum atomic E-state index is 13.3.